The molecule has 6 heteroatoms. The van der Waals surface area contributed by atoms with Crippen LogP contribution in [0.15, 0.2) is 0 Å². The summed E-state index contributed by atoms with van der Waals surface area (Å²) in [6.07, 6.45) is -1.67. The maximum Gasteiger partial charge on any atom is 0.206 e. The van der Waals surface area contributed by atoms with E-state index in [4.69, 9.17) is 29.7 Å². The van der Waals surface area contributed by atoms with Gasteiger partial charge in [0, 0.05) is 21.3 Å². The standard InChI is InChI=1S/C9H19NO5/c1-5-6(11-2)7(12-3)8(13-4)9(14-5)15-10/h5-9H,10H2,1-4H3. The second kappa shape index (κ2) is 5.74. The van der Waals surface area contributed by atoms with Crippen LogP contribution in [0, 0.1) is 0 Å². The van der Waals surface area contributed by atoms with Crippen LogP contribution in [-0.4, -0.2) is 52.0 Å². The molecule has 0 aromatic carbocycles. The molecule has 0 aromatic rings. The van der Waals surface area contributed by atoms with Crippen LogP contribution in [-0.2, 0) is 23.8 Å². The van der Waals surface area contributed by atoms with Gasteiger partial charge in [-0.2, -0.15) is 0 Å². The van der Waals surface area contributed by atoms with E-state index < -0.39 is 12.4 Å². The lowest BCUT2D eigenvalue weighted by Crippen LogP contribution is -2.59. The predicted molar refractivity (Wildman–Crippen MR) is 52.0 cm³/mol. The number of methoxy groups -OCH3 is 3. The Hall–Kier alpha value is -0.240. The zero-order valence-corrected chi connectivity index (χ0v) is 9.51. The molecule has 1 aliphatic rings. The fourth-order valence-electron chi connectivity index (χ4n) is 1.92. The highest BCUT2D eigenvalue weighted by Gasteiger charge is 2.45. The maximum atomic E-state index is 5.50. The van der Waals surface area contributed by atoms with Crippen molar-refractivity contribution in [1.29, 1.82) is 0 Å². The molecule has 0 radical (unpaired) electrons. The van der Waals surface area contributed by atoms with E-state index in [0.717, 1.165) is 0 Å². The third-order valence-corrected chi connectivity index (χ3v) is 2.68. The summed E-state index contributed by atoms with van der Waals surface area (Å²) in [5, 5.41) is 0. The number of hydrogen-bond donors (Lipinski definition) is 1. The number of ether oxygens (including phenoxy) is 4. The smallest absolute Gasteiger partial charge is 0.206 e. The molecule has 0 spiro atoms. The Labute approximate surface area is 89.5 Å². The minimum atomic E-state index is -0.638. The predicted octanol–water partition coefficient (Wildman–Crippen LogP) is -0.333. The van der Waals surface area contributed by atoms with E-state index in [1.807, 2.05) is 6.92 Å². The van der Waals surface area contributed by atoms with E-state index >= 15 is 0 Å². The quantitative estimate of drug-likeness (QED) is 0.655. The lowest BCUT2D eigenvalue weighted by molar-refractivity contribution is -0.306. The monoisotopic (exact) mass is 221 g/mol. The zero-order chi connectivity index (χ0) is 11.4. The van der Waals surface area contributed by atoms with Crippen molar-refractivity contribution in [2.75, 3.05) is 21.3 Å². The molecule has 0 amide bonds. The summed E-state index contributed by atoms with van der Waals surface area (Å²) >= 11 is 0. The minimum Gasteiger partial charge on any atom is -0.376 e. The van der Waals surface area contributed by atoms with E-state index in [0.29, 0.717) is 0 Å². The van der Waals surface area contributed by atoms with Gasteiger partial charge in [0.25, 0.3) is 0 Å². The molecule has 5 unspecified atom stereocenters. The van der Waals surface area contributed by atoms with Crippen LogP contribution in [0.2, 0.25) is 0 Å². The Bertz CT molecular complexity index is 191. The molecule has 1 saturated heterocycles. The van der Waals surface area contributed by atoms with Crippen LogP contribution in [0.25, 0.3) is 0 Å². The van der Waals surface area contributed by atoms with Gasteiger partial charge >= 0.3 is 0 Å². The molecule has 2 N–H and O–H groups in total. The number of rotatable bonds is 4. The number of hydrogen-bond acceptors (Lipinski definition) is 6. The molecule has 90 valence electrons. The fraction of sp³-hybridized carbons (Fsp3) is 1.00. The fourth-order valence-corrected chi connectivity index (χ4v) is 1.92. The van der Waals surface area contributed by atoms with Gasteiger partial charge in [-0.15, -0.1) is 0 Å². The molecule has 1 heterocycles. The van der Waals surface area contributed by atoms with Gasteiger partial charge in [0.2, 0.25) is 6.29 Å². The normalized spacial score (nSPS) is 41.8. The summed E-state index contributed by atoms with van der Waals surface area (Å²) < 4.78 is 21.4. The van der Waals surface area contributed by atoms with Crippen LogP contribution in [0.5, 0.6) is 0 Å². The molecule has 1 fully saturated rings. The molecule has 0 aliphatic carbocycles. The molecule has 5 atom stereocenters. The Morgan fingerprint density at radius 2 is 1.47 bits per heavy atom. The summed E-state index contributed by atoms with van der Waals surface area (Å²) in [4.78, 5) is 4.71. The first kappa shape index (κ1) is 12.8. The average molecular weight is 221 g/mol. The van der Waals surface area contributed by atoms with Gasteiger partial charge < -0.3 is 18.9 Å². The Morgan fingerprint density at radius 1 is 0.933 bits per heavy atom. The van der Waals surface area contributed by atoms with Crippen molar-refractivity contribution in [1.82, 2.24) is 0 Å². The lowest BCUT2D eigenvalue weighted by atomic mass is 9.99. The highest BCUT2D eigenvalue weighted by molar-refractivity contribution is 4.90. The van der Waals surface area contributed by atoms with Gasteiger partial charge in [0.15, 0.2) is 0 Å². The van der Waals surface area contributed by atoms with Crippen LogP contribution in [0.3, 0.4) is 0 Å². The van der Waals surface area contributed by atoms with Crippen molar-refractivity contribution in [2.45, 2.75) is 37.6 Å². The summed E-state index contributed by atoms with van der Waals surface area (Å²) in [5.41, 5.74) is 0. The van der Waals surface area contributed by atoms with Gasteiger partial charge in [0.05, 0.1) is 6.10 Å². The molecule has 0 bridgehead atoms. The molecule has 1 rings (SSSR count). The minimum absolute atomic E-state index is 0.167. The van der Waals surface area contributed by atoms with E-state index in [1.165, 1.54) is 0 Å². The molecule has 0 saturated carbocycles. The van der Waals surface area contributed by atoms with Gasteiger partial charge in [0.1, 0.15) is 18.3 Å². The first-order chi connectivity index (χ1) is 7.19. The SMILES string of the molecule is COC1C(C)OC(ON)C(OC)C1OC. The highest BCUT2D eigenvalue weighted by atomic mass is 16.8. The van der Waals surface area contributed by atoms with E-state index in [-0.39, 0.29) is 18.3 Å². The third kappa shape index (κ3) is 2.47. The van der Waals surface area contributed by atoms with Crippen LogP contribution in [0.1, 0.15) is 6.92 Å². The Balaban J connectivity index is 2.80. The van der Waals surface area contributed by atoms with Crippen molar-refractivity contribution in [2.24, 2.45) is 5.90 Å². The maximum absolute atomic E-state index is 5.50. The van der Waals surface area contributed by atoms with E-state index in [1.54, 1.807) is 21.3 Å². The average Bonchev–Trinajstić information content (AvgIpc) is 2.27. The first-order valence-corrected chi connectivity index (χ1v) is 4.79. The van der Waals surface area contributed by atoms with Crippen molar-refractivity contribution < 1.29 is 23.8 Å². The highest BCUT2D eigenvalue weighted by Crippen LogP contribution is 2.26. The molecule has 1 aliphatic heterocycles. The van der Waals surface area contributed by atoms with Crippen molar-refractivity contribution in [3.05, 3.63) is 0 Å². The Morgan fingerprint density at radius 3 is 1.87 bits per heavy atom. The summed E-state index contributed by atoms with van der Waals surface area (Å²) in [6.45, 7) is 1.87. The van der Waals surface area contributed by atoms with E-state index in [2.05, 4.69) is 0 Å². The van der Waals surface area contributed by atoms with Crippen LogP contribution in [0.4, 0.5) is 0 Å². The third-order valence-electron chi connectivity index (χ3n) is 2.68. The van der Waals surface area contributed by atoms with Gasteiger partial charge in [-0.05, 0) is 6.92 Å². The van der Waals surface area contributed by atoms with Crippen molar-refractivity contribution in [3.63, 3.8) is 0 Å². The van der Waals surface area contributed by atoms with E-state index in [9.17, 15) is 0 Å². The summed E-state index contributed by atoms with van der Waals surface area (Å²) in [7, 11) is 4.75. The van der Waals surface area contributed by atoms with Gasteiger partial charge in [-0.1, -0.05) is 0 Å². The molecular weight excluding hydrogens is 202 g/mol. The van der Waals surface area contributed by atoms with Gasteiger partial charge in [-0.3, -0.25) is 4.84 Å². The summed E-state index contributed by atoms with van der Waals surface area (Å²) in [6, 6.07) is 0. The second-order valence-corrected chi connectivity index (χ2v) is 3.45. The zero-order valence-electron chi connectivity index (χ0n) is 9.51. The first-order valence-electron chi connectivity index (χ1n) is 4.79. The van der Waals surface area contributed by atoms with Crippen LogP contribution < -0.4 is 5.90 Å². The number of nitrogens with two attached hydrogens (primary N) is 1. The molecule has 6 nitrogen and oxygen atoms in total. The molecule has 15 heavy (non-hydrogen) atoms. The largest absolute Gasteiger partial charge is 0.376 e. The Kier molecular flexibility index (Phi) is 4.91. The lowest BCUT2D eigenvalue weighted by Gasteiger charge is -2.42. The van der Waals surface area contributed by atoms with Crippen molar-refractivity contribution >= 4 is 0 Å². The summed E-state index contributed by atoms with van der Waals surface area (Å²) in [5.74, 6) is 5.13. The topological polar surface area (TPSA) is 72.2 Å². The van der Waals surface area contributed by atoms with Crippen molar-refractivity contribution in [3.8, 4) is 0 Å². The molecule has 0 aromatic heterocycles. The molecular formula is C9H19NO5. The second-order valence-electron chi connectivity index (χ2n) is 3.45. The van der Waals surface area contributed by atoms with Gasteiger partial charge in [-0.25, -0.2) is 5.90 Å². The van der Waals surface area contributed by atoms with Crippen LogP contribution >= 0.6 is 0 Å².